The number of primary amides is 1. The molecule has 2 saturated heterocycles. The molecule has 1 unspecified atom stereocenters. The van der Waals surface area contributed by atoms with Crippen LogP contribution in [0.3, 0.4) is 0 Å². The number of aromatic amines is 1. The van der Waals surface area contributed by atoms with Gasteiger partial charge in [-0.3, -0.25) is 0 Å². The Morgan fingerprint density at radius 3 is 2.59 bits per heavy atom. The first-order valence-electron chi connectivity index (χ1n) is 10.3. The van der Waals surface area contributed by atoms with Gasteiger partial charge in [0, 0.05) is 37.6 Å². The smallest absolute Gasteiger partial charge is 0.315 e. The average Bonchev–Trinajstić information content (AvgIpc) is 3.43. The zero-order valence-corrected chi connectivity index (χ0v) is 16.3. The maximum absolute atomic E-state index is 11.9. The van der Waals surface area contributed by atoms with Gasteiger partial charge in [0.1, 0.15) is 5.82 Å². The number of H-pyrrole nitrogens is 1. The van der Waals surface area contributed by atoms with Gasteiger partial charge in [-0.05, 0) is 38.2 Å². The Labute approximate surface area is 169 Å². The van der Waals surface area contributed by atoms with Gasteiger partial charge in [0.25, 0.3) is 0 Å². The lowest BCUT2D eigenvalue weighted by Gasteiger charge is -2.34. The number of hydrogen-bond acceptors (Lipinski definition) is 5. The normalized spacial score (nSPS) is 19.8. The van der Waals surface area contributed by atoms with E-state index in [1.165, 1.54) is 12.8 Å². The lowest BCUT2D eigenvalue weighted by atomic mass is 9.94. The molecule has 1 aromatic carbocycles. The van der Waals surface area contributed by atoms with Crippen LogP contribution in [0.15, 0.2) is 30.6 Å². The molecule has 0 bridgehead atoms. The van der Waals surface area contributed by atoms with Crippen LogP contribution in [-0.4, -0.2) is 50.5 Å². The minimum absolute atomic E-state index is 0.0325. The van der Waals surface area contributed by atoms with Gasteiger partial charge in [-0.1, -0.05) is 12.1 Å². The first-order valence-corrected chi connectivity index (χ1v) is 10.3. The summed E-state index contributed by atoms with van der Waals surface area (Å²) in [6.07, 6.45) is 9.01. The van der Waals surface area contributed by atoms with Gasteiger partial charge in [0.15, 0.2) is 0 Å². The molecule has 2 aromatic heterocycles. The number of aromatic nitrogens is 4. The number of anilines is 1. The standard InChI is InChI=1S/C21H25N7O/c22-20(29)28-11-2-1-8-17(28)15-6-5-7-16-18(15)26-19(25-16)14-12-23-21(24-13-14)27-9-3-4-10-27/h5-7,12-13,17H,1-4,8-11H2,(H2,22,29)(H,25,26). The minimum atomic E-state index is -0.367. The number of urea groups is 1. The molecule has 29 heavy (non-hydrogen) atoms. The number of benzene rings is 1. The molecule has 5 rings (SSSR count). The SMILES string of the molecule is NC(=O)N1CCCCC1c1cccc2[nH]c(-c3cnc(N4CCCC4)nc3)nc12. The summed E-state index contributed by atoms with van der Waals surface area (Å²) in [5, 5.41) is 0. The summed E-state index contributed by atoms with van der Waals surface area (Å²) in [7, 11) is 0. The van der Waals surface area contributed by atoms with Gasteiger partial charge in [-0.15, -0.1) is 0 Å². The van der Waals surface area contributed by atoms with Crippen LogP contribution < -0.4 is 10.6 Å². The Bertz CT molecular complexity index is 1020. The van der Waals surface area contributed by atoms with E-state index in [1.807, 2.05) is 30.6 Å². The number of carbonyl (C=O) groups excluding carboxylic acids is 1. The van der Waals surface area contributed by atoms with E-state index in [2.05, 4.69) is 19.9 Å². The van der Waals surface area contributed by atoms with Gasteiger partial charge in [-0.2, -0.15) is 0 Å². The van der Waals surface area contributed by atoms with Crippen LogP contribution in [0, 0.1) is 0 Å². The molecular formula is C21H25N7O. The molecule has 8 nitrogen and oxygen atoms in total. The summed E-state index contributed by atoms with van der Waals surface area (Å²) in [4.78, 5) is 33.2. The van der Waals surface area contributed by atoms with E-state index in [0.717, 1.165) is 66.3 Å². The van der Waals surface area contributed by atoms with Crippen LogP contribution >= 0.6 is 0 Å². The molecule has 2 aliphatic rings. The molecule has 2 aliphatic heterocycles. The van der Waals surface area contributed by atoms with Crippen molar-refractivity contribution >= 4 is 23.0 Å². The Balaban J connectivity index is 1.49. The molecule has 3 N–H and O–H groups in total. The monoisotopic (exact) mass is 391 g/mol. The number of piperidine rings is 1. The number of rotatable bonds is 3. The van der Waals surface area contributed by atoms with E-state index in [9.17, 15) is 4.79 Å². The van der Waals surface area contributed by atoms with E-state index in [4.69, 9.17) is 10.7 Å². The van der Waals surface area contributed by atoms with Crippen LogP contribution in [-0.2, 0) is 0 Å². The lowest BCUT2D eigenvalue weighted by molar-refractivity contribution is 0.160. The second-order valence-electron chi connectivity index (χ2n) is 7.84. The Kier molecular flexibility index (Phi) is 4.54. The molecule has 2 fully saturated rings. The number of fused-ring (bicyclic) bond motifs is 1. The number of nitrogens with one attached hydrogen (secondary N) is 1. The highest BCUT2D eigenvalue weighted by atomic mass is 16.2. The highest BCUT2D eigenvalue weighted by molar-refractivity contribution is 5.83. The van der Waals surface area contributed by atoms with Crippen LogP contribution in [0.2, 0.25) is 0 Å². The number of nitrogens with two attached hydrogens (primary N) is 1. The van der Waals surface area contributed by atoms with Gasteiger partial charge in [0.2, 0.25) is 5.95 Å². The number of likely N-dealkylation sites (tertiary alicyclic amines) is 1. The first kappa shape index (κ1) is 17.9. The third-order valence-corrected chi connectivity index (χ3v) is 5.99. The highest BCUT2D eigenvalue weighted by Crippen LogP contribution is 2.35. The molecule has 0 aliphatic carbocycles. The van der Waals surface area contributed by atoms with Gasteiger partial charge in [-0.25, -0.2) is 19.7 Å². The number of hydrogen-bond donors (Lipinski definition) is 2. The van der Waals surface area contributed by atoms with Crippen molar-refractivity contribution < 1.29 is 4.79 Å². The number of imidazole rings is 1. The topological polar surface area (TPSA) is 104 Å². The Morgan fingerprint density at radius 1 is 1.07 bits per heavy atom. The maximum atomic E-state index is 11.9. The minimum Gasteiger partial charge on any atom is -0.351 e. The zero-order chi connectivity index (χ0) is 19.8. The number of para-hydroxylation sites is 1. The molecular weight excluding hydrogens is 366 g/mol. The molecule has 0 spiro atoms. The first-order chi connectivity index (χ1) is 14.2. The van der Waals surface area contributed by atoms with E-state index < -0.39 is 0 Å². The molecule has 3 aromatic rings. The van der Waals surface area contributed by atoms with Crippen molar-refractivity contribution in [3.8, 4) is 11.4 Å². The average molecular weight is 391 g/mol. The largest absolute Gasteiger partial charge is 0.351 e. The van der Waals surface area contributed by atoms with Crippen molar-refractivity contribution in [1.29, 1.82) is 0 Å². The maximum Gasteiger partial charge on any atom is 0.315 e. The number of nitrogens with zero attached hydrogens (tertiary/aromatic N) is 5. The summed E-state index contributed by atoms with van der Waals surface area (Å²) in [6, 6.07) is 5.65. The molecule has 1 atom stereocenters. The molecule has 2 amide bonds. The Hall–Kier alpha value is -3.16. The van der Waals surface area contributed by atoms with Crippen molar-refractivity contribution in [3.63, 3.8) is 0 Å². The highest BCUT2D eigenvalue weighted by Gasteiger charge is 2.28. The fourth-order valence-electron chi connectivity index (χ4n) is 4.50. The summed E-state index contributed by atoms with van der Waals surface area (Å²) in [6.45, 7) is 2.73. The van der Waals surface area contributed by atoms with Crippen LogP contribution in [0.4, 0.5) is 10.7 Å². The molecule has 0 radical (unpaired) electrons. The quantitative estimate of drug-likeness (QED) is 0.713. The van der Waals surface area contributed by atoms with Crippen molar-refractivity contribution in [2.75, 3.05) is 24.5 Å². The summed E-state index contributed by atoms with van der Waals surface area (Å²) in [5.41, 5.74) is 9.35. The predicted octanol–water partition coefficient (Wildman–Crippen LogP) is 3.23. The second kappa shape index (κ2) is 7.35. The lowest BCUT2D eigenvalue weighted by Crippen LogP contribution is -2.41. The third-order valence-electron chi connectivity index (χ3n) is 5.99. The summed E-state index contributed by atoms with van der Waals surface area (Å²) < 4.78 is 0. The second-order valence-corrected chi connectivity index (χ2v) is 7.84. The Morgan fingerprint density at radius 2 is 1.83 bits per heavy atom. The molecule has 150 valence electrons. The summed E-state index contributed by atoms with van der Waals surface area (Å²) in [5.74, 6) is 1.52. The van der Waals surface area contributed by atoms with Crippen molar-refractivity contribution in [2.45, 2.75) is 38.1 Å². The van der Waals surface area contributed by atoms with E-state index in [1.54, 1.807) is 4.90 Å². The molecule has 4 heterocycles. The number of amides is 2. The molecule has 0 saturated carbocycles. The zero-order valence-electron chi connectivity index (χ0n) is 16.3. The van der Waals surface area contributed by atoms with E-state index in [0.29, 0.717) is 6.54 Å². The van der Waals surface area contributed by atoms with E-state index >= 15 is 0 Å². The van der Waals surface area contributed by atoms with E-state index in [-0.39, 0.29) is 12.1 Å². The van der Waals surface area contributed by atoms with Crippen molar-refractivity contribution in [2.24, 2.45) is 5.73 Å². The number of carbonyl (C=O) groups is 1. The van der Waals surface area contributed by atoms with Crippen LogP contribution in [0.1, 0.15) is 43.7 Å². The molecule has 8 heteroatoms. The summed E-state index contributed by atoms with van der Waals surface area (Å²) >= 11 is 0. The van der Waals surface area contributed by atoms with Crippen LogP contribution in [0.25, 0.3) is 22.4 Å². The third kappa shape index (κ3) is 3.28. The van der Waals surface area contributed by atoms with Crippen LogP contribution in [0.5, 0.6) is 0 Å². The van der Waals surface area contributed by atoms with Crippen molar-refractivity contribution in [3.05, 3.63) is 36.2 Å². The fraction of sp³-hybridized carbons (Fsp3) is 0.429. The van der Waals surface area contributed by atoms with Gasteiger partial charge in [0.05, 0.1) is 22.6 Å². The van der Waals surface area contributed by atoms with Gasteiger partial charge >= 0.3 is 6.03 Å². The van der Waals surface area contributed by atoms with Crippen molar-refractivity contribution in [1.82, 2.24) is 24.8 Å². The predicted molar refractivity (Wildman–Crippen MR) is 111 cm³/mol. The fourth-order valence-corrected chi connectivity index (χ4v) is 4.50. The van der Waals surface area contributed by atoms with Gasteiger partial charge < -0.3 is 20.5 Å².